The van der Waals surface area contributed by atoms with Gasteiger partial charge in [-0.05, 0) is 55.7 Å². The monoisotopic (exact) mass is 549 g/mol. The van der Waals surface area contributed by atoms with E-state index in [1.165, 1.54) is 18.2 Å². The van der Waals surface area contributed by atoms with Crippen LogP contribution in [0.5, 0.6) is 5.75 Å². The maximum Gasteiger partial charge on any atom is 0.387 e. The minimum atomic E-state index is -3.05. The molecule has 0 spiro atoms. The number of nitrogens with two attached hydrogens (primary N) is 1. The zero-order valence-corrected chi connectivity index (χ0v) is 21.7. The molecule has 3 aliphatic rings. The molecule has 206 valence electrons. The molecule has 8 nitrogen and oxygen atoms in total. The summed E-state index contributed by atoms with van der Waals surface area (Å²) in [6.07, 6.45) is 2.45. The lowest BCUT2D eigenvalue weighted by Gasteiger charge is -2.48. The van der Waals surface area contributed by atoms with Gasteiger partial charge in [0.1, 0.15) is 17.4 Å². The Labute approximate surface area is 227 Å². The van der Waals surface area contributed by atoms with E-state index in [9.17, 15) is 18.7 Å². The van der Waals surface area contributed by atoms with Crippen LogP contribution in [0.1, 0.15) is 65.7 Å². The Morgan fingerprint density at radius 3 is 2.62 bits per heavy atom. The van der Waals surface area contributed by atoms with Crippen molar-refractivity contribution < 1.29 is 27.8 Å². The van der Waals surface area contributed by atoms with Crippen LogP contribution in [0.25, 0.3) is 22.2 Å². The number of aromatic nitrogens is 3. The number of halogens is 3. The summed E-state index contributed by atoms with van der Waals surface area (Å²) in [4.78, 5) is 24.0. The van der Waals surface area contributed by atoms with Crippen LogP contribution in [0.2, 0.25) is 0 Å². The van der Waals surface area contributed by atoms with E-state index in [-0.39, 0.29) is 36.2 Å². The van der Waals surface area contributed by atoms with Gasteiger partial charge in [-0.1, -0.05) is 12.1 Å². The van der Waals surface area contributed by atoms with Gasteiger partial charge in [-0.25, -0.2) is 9.37 Å². The molecule has 0 unspecified atom stereocenters. The number of ether oxygens (including phenoxy) is 1. The summed E-state index contributed by atoms with van der Waals surface area (Å²) in [7, 11) is 1.68. The molecule has 3 N–H and O–H groups in total. The van der Waals surface area contributed by atoms with Gasteiger partial charge in [0.15, 0.2) is 0 Å². The standard InChI is InChI=1S/C29H26F3N5O3/c1-28(39)12-29(33,13-28)24-17(30)8-15(11-34-24)14-6-7-18-19(9-14)37-20-10-21(25(37)35-18)36(2)26(38)16-4-3-5-22(23(16)20)40-27(31)32/h3-9,11,20-21,27,39H,10,12-13,33H2,1-2H3/t20-,21-,28?,29?/m1/s1. The summed E-state index contributed by atoms with van der Waals surface area (Å²) < 4.78 is 48.8. The van der Waals surface area contributed by atoms with Crippen molar-refractivity contribution in [3.05, 3.63) is 77.1 Å². The molecule has 40 heavy (non-hydrogen) atoms. The number of rotatable bonds is 4. The molecule has 4 heterocycles. The molecule has 1 amide bonds. The van der Waals surface area contributed by atoms with E-state index in [1.807, 2.05) is 22.8 Å². The van der Waals surface area contributed by atoms with Crippen LogP contribution in [0.3, 0.4) is 0 Å². The Balaban J connectivity index is 1.34. The maximum absolute atomic E-state index is 15.2. The Hall–Kier alpha value is -3.96. The molecular formula is C29H26F3N5O3. The summed E-state index contributed by atoms with van der Waals surface area (Å²) in [5, 5.41) is 10.1. The molecule has 2 aromatic carbocycles. The first-order valence-electron chi connectivity index (χ1n) is 13.0. The van der Waals surface area contributed by atoms with Crippen molar-refractivity contribution in [2.75, 3.05) is 7.05 Å². The van der Waals surface area contributed by atoms with Gasteiger partial charge in [-0.2, -0.15) is 8.78 Å². The smallest absolute Gasteiger partial charge is 0.387 e. The number of carbonyl (C=O) groups is 1. The van der Waals surface area contributed by atoms with Crippen molar-refractivity contribution in [2.45, 2.75) is 56.0 Å². The number of alkyl halides is 2. The third-order valence-corrected chi connectivity index (χ3v) is 8.45. The van der Waals surface area contributed by atoms with Gasteiger partial charge < -0.3 is 25.0 Å². The summed E-state index contributed by atoms with van der Waals surface area (Å²) in [6.45, 7) is -1.38. The second kappa shape index (κ2) is 8.28. The Morgan fingerprint density at radius 1 is 1.15 bits per heavy atom. The summed E-state index contributed by atoms with van der Waals surface area (Å²) in [6, 6.07) is 10.6. The number of nitrogens with zero attached hydrogens (tertiary/aromatic N) is 4. The first-order chi connectivity index (χ1) is 19.0. The lowest BCUT2D eigenvalue weighted by atomic mass is 9.64. The minimum absolute atomic E-state index is 0.0432. The number of hydrogen-bond donors (Lipinski definition) is 2. The molecule has 1 saturated carbocycles. The molecule has 11 heteroatoms. The molecule has 2 aromatic heterocycles. The molecule has 2 aliphatic heterocycles. The van der Waals surface area contributed by atoms with Crippen LogP contribution in [-0.4, -0.2) is 49.7 Å². The van der Waals surface area contributed by atoms with Gasteiger partial charge in [-0.3, -0.25) is 9.78 Å². The van der Waals surface area contributed by atoms with Gasteiger partial charge in [0.2, 0.25) is 0 Å². The van der Waals surface area contributed by atoms with Crippen molar-refractivity contribution in [2.24, 2.45) is 5.73 Å². The number of benzene rings is 2. The maximum atomic E-state index is 15.2. The number of pyridine rings is 1. The molecule has 0 radical (unpaired) electrons. The first-order valence-corrected chi connectivity index (χ1v) is 13.0. The summed E-state index contributed by atoms with van der Waals surface area (Å²) >= 11 is 0. The summed E-state index contributed by atoms with van der Waals surface area (Å²) in [5.74, 6) is -0.233. The molecule has 7 rings (SSSR count). The number of carbonyl (C=O) groups excluding carboxylic acids is 1. The highest BCUT2D eigenvalue weighted by molar-refractivity contribution is 5.98. The van der Waals surface area contributed by atoms with Crippen LogP contribution in [-0.2, 0) is 5.54 Å². The lowest BCUT2D eigenvalue weighted by Crippen LogP contribution is -2.59. The van der Waals surface area contributed by atoms with E-state index in [1.54, 1.807) is 31.1 Å². The second-order valence-electron chi connectivity index (χ2n) is 11.4. The Bertz CT molecular complexity index is 1710. The Morgan fingerprint density at radius 2 is 1.93 bits per heavy atom. The highest BCUT2D eigenvalue weighted by atomic mass is 19.3. The third kappa shape index (κ3) is 3.57. The highest BCUT2D eigenvalue weighted by Gasteiger charge is 2.51. The number of fused-ring (bicyclic) bond motifs is 9. The van der Waals surface area contributed by atoms with E-state index in [2.05, 4.69) is 4.98 Å². The van der Waals surface area contributed by atoms with Crippen LogP contribution in [0.15, 0.2) is 48.7 Å². The first kappa shape index (κ1) is 25.0. The highest BCUT2D eigenvalue weighted by Crippen LogP contribution is 2.50. The van der Waals surface area contributed by atoms with Gasteiger partial charge >= 0.3 is 6.61 Å². The zero-order valence-electron chi connectivity index (χ0n) is 21.7. The number of amides is 1. The molecule has 2 bridgehead atoms. The second-order valence-corrected chi connectivity index (χ2v) is 11.4. The SMILES string of the molecule is CN1C(=O)c2cccc(OC(F)F)c2[C@H]2C[C@@H]1c1nc3ccc(-c4cnc(C5(N)CC(C)(O)C5)c(F)c4)cc3n12. The van der Waals surface area contributed by atoms with E-state index in [0.29, 0.717) is 40.0 Å². The van der Waals surface area contributed by atoms with Crippen molar-refractivity contribution in [3.63, 3.8) is 0 Å². The van der Waals surface area contributed by atoms with Gasteiger partial charge in [0.05, 0.1) is 40.0 Å². The van der Waals surface area contributed by atoms with Crippen molar-refractivity contribution in [1.82, 2.24) is 19.4 Å². The fraction of sp³-hybridized carbons (Fsp3) is 0.345. The quantitative estimate of drug-likeness (QED) is 0.384. The van der Waals surface area contributed by atoms with Gasteiger partial charge in [0.25, 0.3) is 5.91 Å². The zero-order chi connectivity index (χ0) is 28.1. The fourth-order valence-electron chi connectivity index (χ4n) is 6.90. The van der Waals surface area contributed by atoms with Crippen LogP contribution >= 0.6 is 0 Å². The molecule has 4 aromatic rings. The van der Waals surface area contributed by atoms with Crippen molar-refractivity contribution >= 4 is 16.9 Å². The van der Waals surface area contributed by atoms with Crippen LogP contribution in [0, 0.1) is 5.82 Å². The van der Waals surface area contributed by atoms with Gasteiger partial charge in [0, 0.05) is 36.4 Å². The van der Waals surface area contributed by atoms with E-state index < -0.39 is 29.6 Å². The topological polar surface area (TPSA) is 106 Å². The largest absolute Gasteiger partial charge is 0.434 e. The van der Waals surface area contributed by atoms with E-state index >= 15 is 4.39 Å². The van der Waals surface area contributed by atoms with Crippen LogP contribution in [0.4, 0.5) is 13.2 Å². The fourth-order valence-corrected chi connectivity index (χ4v) is 6.90. The van der Waals surface area contributed by atoms with Crippen molar-refractivity contribution in [3.8, 4) is 16.9 Å². The lowest BCUT2D eigenvalue weighted by molar-refractivity contribution is -0.0764. The third-order valence-electron chi connectivity index (χ3n) is 8.45. The summed E-state index contributed by atoms with van der Waals surface area (Å²) in [5.41, 5.74) is 7.77. The van der Waals surface area contributed by atoms with Gasteiger partial charge in [-0.15, -0.1) is 0 Å². The minimum Gasteiger partial charge on any atom is -0.434 e. The average Bonchev–Trinajstić information content (AvgIpc) is 3.40. The van der Waals surface area contributed by atoms with Crippen LogP contribution < -0.4 is 10.5 Å². The number of imidazole rings is 1. The predicted octanol–water partition coefficient (Wildman–Crippen LogP) is 4.66. The van der Waals surface area contributed by atoms with E-state index in [4.69, 9.17) is 15.5 Å². The normalized spacial score (nSPS) is 27.0. The molecule has 1 fully saturated rings. The predicted molar refractivity (Wildman–Crippen MR) is 139 cm³/mol. The number of hydrogen-bond acceptors (Lipinski definition) is 6. The van der Waals surface area contributed by atoms with E-state index in [0.717, 1.165) is 5.52 Å². The number of aliphatic hydroxyl groups is 1. The average molecular weight is 550 g/mol. The molecule has 2 atom stereocenters. The molecular weight excluding hydrogens is 523 g/mol. The molecule has 1 aliphatic carbocycles. The van der Waals surface area contributed by atoms with Crippen molar-refractivity contribution in [1.29, 1.82) is 0 Å². The Kier molecular flexibility index (Phi) is 5.18. The molecule has 0 saturated heterocycles.